The number of hydrogen-bond acceptors (Lipinski definition) is 2. The SMILES string of the molecule is CC#CCCNCCC(=O)O. The van der Waals surface area contributed by atoms with Gasteiger partial charge >= 0.3 is 5.97 Å². The Morgan fingerprint density at radius 1 is 1.55 bits per heavy atom. The predicted octanol–water partition coefficient (Wildman–Crippen LogP) is 0.464. The van der Waals surface area contributed by atoms with Gasteiger partial charge in [-0.05, 0) is 6.92 Å². The highest BCUT2D eigenvalue weighted by Crippen LogP contribution is 1.76. The Balaban J connectivity index is 3.00. The van der Waals surface area contributed by atoms with Crippen LogP contribution in [-0.2, 0) is 4.79 Å². The largest absolute Gasteiger partial charge is 0.481 e. The highest BCUT2D eigenvalue weighted by atomic mass is 16.4. The van der Waals surface area contributed by atoms with Crippen LogP contribution in [0.3, 0.4) is 0 Å². The van der Waals surface area contributed by atoms with Crippen molar-refractivity contribution in [1.29, 1.82) is 0 Å². The van der Waals surface area contributed by atoms with Crippen LogP contribution in [0.15, 0.2) is 0 Å². The molecule has 0 aliphatic heterocycles. The number of carboxylic acids is 1. The number of carbonyl (C=O) groups is 1. The minimum Gasteiger partial charge on any atom is -0.481 e. The van der Waals surface area contributed by atoms with E-state index in [1.165, 1.54) is 0 Å². The summed E-state index contributed by atoms with van der Waals surface area (Å²) in [5.41, 5.74) is 0. The number of nitrogens with one attached hydrogen (secondary N) is 1. The van der Waals surface area contributed by atoms with Crippen LogP contribution in [-0.4, -0.2) is 24.2 Å². The summed E-state index contributed by atoms with van der Waals surface area (Å²) in [5, 5.41) is 11.2. The quantitative estimate of drug-likeness (QED) is 0.448. The van der Waals surface area contributed by atoms with Crippen molar-refractivity contribution in [3.63, 3.8) is 0 Å². The van der Waals surface area contributed by atoms with E-state index in [2.05, 4.69) is 17.2 Å². The molecule has 0 bridgehead atoms. The zero-order valence-corrected chi connectivity index (χ0v) is 6.68. The lowest BCUT2D eigenvalue weighted by molar-refractivity contribution is -0.136. The minimum absolute atomic E-state index is 0.180. The molecule has 0 unspecified atom stereocenters. The summed E-state index contributed by atoms with van der Waals surface area (Å²) in [4.78, 5) is 10.0. The van der Waals surface area contributed by atoms with Crippen molar-refractivity contribution in [2.24, 2.45) is 0 Å². The molecule has 0 aliphatic rings. The van der Waals surface area contributed by atoms with E-state index in [1.807, 2.05) is 0 Å². The zero-order valence-electron chi connectivity index (χ0n) is 6.68. The molecule has 11 heavy (non-hydrogen) atoms. The van der Waals surface area contributed by atoms with Gasteiger partial charge in [0.2, 0.25) is 0 Å². The third-order valence-corrected chi connectivity index (χ3v) is 1.12. The standard InChI is InChI=1S/C8H13NO2/c1-2-3-4-6-9-7-5-8(10)11/h9H,4-7H2,1H3,(H,10,11). The van der Waals surface area contributed by atoms with E-state index in [-0.39, 0.29) is 6.42 Å². The van der Waals surface area contributed by atoms with Crippen molar-refractivity contribution in [2.75, 3.05) is 13.1 Å². The molecular weight excluding hydrogens is 142 g/mol. The van der Waals surface area contributed by atoms with Gasteiger partial charge in [0.15, 0.2) is 0 Å². The number of carboxylic acid groups (broad SMARTS) is 1. The molecule has 0 saturated carbocycles. The summed E-state index contributed by atoms with van der Waals surface area (Å²) in [6.45, 7) is 3.09. The lowest BCUT2D eigenvalue weighted by atomic mass is 10.4. The molecule has 62 valence electrons. The second kappa shape index (κ2) is 7.10. The second-order valence-electron chi connectivity index (χ2n) is 2.07. The molecule has 0 saturated heterocycles. The van der Waals surface area contributed by atoms with Crippen LogP contribution in [0.4, 0.5) is 0 Å². The van der Waals surface area contributed by atoms with Crippen LogP contribution >= 0.6 is 0 Å². The highest BCUT2D eigenvalue weighted by Gasteiger charge is 1.93. The first-order chi connectivity index (χ1) is 5.27. The van der Waals surface area contributed by atoms with Gasteiger partial charge in [-0.2, -0.15) is 0 Å². The highest BCUT2D eigenvalue weighted by molar-refractivity contribution is 5.66. The lowest BCUT2D eigenvalue weighted by Crippen LogP contribution is -2.18. The number of hydrogen-bond donors (Lipinski definition) is 2. The predicted molar refractivity (Wildman–Crippen MR) is 43.2 cm³/mol. The summed E-state index contributed by atoms with van der Waals surface area (Å²) in [6, 6.07) is 0. The molecule has 0 fully saturated rings. The van der Waals surface area contributed by atoms with Crippen molar-refractivity contribution < 1.29 is 9.90 Å². The Bertz CT molecular complexity index is 167. The smallest absolute Gasteiger partial charge is 0.304 e. The molecule has 3 nitrogen and oxygen atoms in total. The number of aliphatic carboxylic acids is 1. The first-order valence-corrected chi connectivity index (χ1v) is 3.59. The van der Waals surface area contributed by atoms with Crippen LogP contribution in [0.2, 0.25) is 0 Å². The molecule has 2 N–H and O–H groups in total. The van der Waals surface area contributed by atoms with Crippen molar-refractivity contribution in [3.8, 4) is 11.8 Å². The van der Waals surface area contributed by atoms with Crippen LogP contribution in [0, 0.1) is 11.8 Å². The van der Waals surface area contributed by atoms with Gasteiger partial charge in [-0.1, -0.05) is 0 Å². The molecule has 0 radical (unpaired) electrons. The lowest BCUT2D eigenvalue weighted by Gasteiger charge is -1.97. The fourth-order valence-electron chi connectivity index (χ4n) is 0.596. The van der Waals surface area contributed by atoms with Gasteiger partial charge in [0, 0.05) is 19.5 Å². The third kappa shape index (κ3) is 8.99. The first-order valence-electron chi connectivity index (χ1n) is 3.59. The van der Waals surface area contributed by atoms with E-state index in [9.17, 15) is 4.79 Å². The molecule has 0 aromatic carbocycles. The van der Waals surface area contributed by atoms with E-state index >= 15 is 0 Å². The van der Waals surface area contributed by atoms with Gasteiger partial charge in [0.05, 0.1) is 6.42 Å². The van der Waals surface area contributed by atoms with Gasteiger partial charge in [-0.15, -0.1) is 11.8 Å². The fraction of sp³-hybridized carbons (Fsp3) is 0.625. The maximum absolute atomic E-state index is 10.0. The maximum atomic E-state index is 10.0. The molecular formula is C8H13NO2. The zero-order chi connectivity index (χ0) is 8.53. The summed E-state index contributed by atoms with van der Waals surface area (Å²) >= 11 is 0. The van der Waals surface area contributed by atoms with Crippen molar-refractivity contribution in [3.05, 3.63) is 0 Å². The molecule has 0 spiro atoms. The summed E-state index contributed by atoms with van der Waals surface area (Å²) in [6.07, 6.45) is 0.968. The van der Waals surface area contributed by atoms with Gasteiger partial charge in [0.1, 0.15) is 0 Å². The Morgan fingerprint density at radius 3 is 2.82 bits per heavy atom. The second-order valence-corrected chi connectivity index (χ2v) is 2.07. The van der Waals surface area contributed by atoms with E-state index in [1.54, 1.807) is 6.92 Å². The van der Waals surface area contributed by atoms with Crippen LogP contribution in [0.1, 0.15) is 19.8 Å². The maximum Gasteiger partial charge on any atom is 0.304 e. The molecule has 3 heteroatoms. The topological polar surface area (TPSA) is 49.3 Å². The number of rotatable bonds is 5. The first kappa shape index (κ1) is 9.99. The monoisotopic (exact) mass is 155 g/mol. The van der Waals surface area contributed by atoms with Crippen molar-refractivity contribution in [2.45, 2.75) is 19.8 Å². The summed E-state index contributed by atoms with van der Waals surface area (Å²) in [7, 11) is 0. The molecule has 0 aromatic heterocycles. The third-order valence-electron chi connectivity index (χ3n) is 1.12. The Morgan fingerprint density at radius 2 is 2.27 bits per heavy atom. The molecule has 0 rings (SSSR count). The average Bonchev–Trinajstić information content (AvgIpc) is 1.96. The summed E-state index contributed by atoms with van der Waals surface area (Å²) in [5.74, 6) is 4.87. The van der Waals surface area contributed by atoms with Gasteiger partial charge in [-0.3, -0.25) is 4.79 Å². The average molecular weight is 155 g/mol. The van der Waals surface area contributed by atoms with Crippen LogP contribution < -0.4 is 5.32 Å². The fourth-order valence-corrected chi connectivity index (χ4v) is 0.596. The Labute approximate surface area is 66.8 Å². The van der Waals surface area contributed by atoms with E-state index in [0.717, 1.165) is 13.0 Å². The Hall–Kier alpha value is -1.01. The molecule has 0 heterocycles. The van der Waals surface area contributed by atoms with E-state index in [0.29, 0.717) is 6.54 Å². The summed E-state index contributed by atoms with van der Waals surface area (Å²) < 4.78 is 0. The van der Waals surface area contributed by atoms with Crippen LogP contribution in [0.5, 0.6) is 0 Å². The normalized spacial score (nSPS) is 8.45. The van der Waals surface area contributed by atoms with Gasteiger partial charge < -0.3 is 10.4 Å². The van der Waals surface area contributed by atoms with Crippen molar-refractivity contribution >= 4 is 5.97 Å². The Kier molecular flexibility index (Phi) is 6.45. The van der Waals surface area contributed by atoms with Crippen LogP contribution in [0.25, 0.3) is 0 Å². The van der Waals surface area contributed by atoms with E-state index in [4.69, 9.17) is 5.11 Å². The van der Waals surface area contributed by atoms with Gasteiger partial charge in [-0.25, -0.2) is 0 Å². The molecule has 0 aromatic rings. The molecule has 0 atom stereocenters. The molecule has 0 aliphatic carbocycles. The molecule has 0 amide bonds. The van der Waals surface area contributed by atoms with Crippen molar-refractivity contribution in [1.82, 2.24) is 5.32 Å². The minimum atomic E-state index is -0.765. The van der Waals surface area contributed by atoms with Gasteiger partial charge in [0.25, 0.3) is 0 Å². The van der Waals surface area contributed by atoms with E-state index < -0.39 is 5.97 Å².